The van der Waals surface area contributed by atoms with Crippen molar-refractivity contribution in [3.63, 3.8) is 0 Å². The number of benzene rings is 1. The molecule has 5 nitrogen and oxygen atoms in total. The second-order valence-corrected chi connectivity index (χ2v) is 10.4. The number of nitrogens with one attached hydrogen (secondary N) is 1. The normalized spacial score (nSPS) is 26.3. The molecule has 8 heteroatoms. The molecule has 0 radical (unpaired) electrons. The van der Waals surface area contributed by atoms with Crippen molar-refractivity contribution in [2.75, 3.05) is 4.90 Å². The Morgan fingerprint density at radius 3 is 2.44 bits per heavy atom. The van der Waals surface area contributed by atoms with E-state index in [9.17, 15) is 14.4 Å². The van der Waals surface area contributed by atoms with Gasteiger partial charge in [0.1, 0.15) is 5.25 Å². The van der Waals surface area contributed by atoms with Crippen LogP contribution in [0.15, 0.2) is 38.6 Å². The smallest absolute Gasteiger partial charge is 0.305 e. The number of anilines is 1. The number of fused-ring (bicyclic) bond motifs is 4. The fourth-order valence-corrected chi connectivity index (χ4v) is 7.90. The first kappa shape index (κ1) is 17.7. The summed E-state index contributed by atoms with van der Waals surface area (Å²) in [6, 6.07) is 7.28. The van der Waals surface area contributed by atoms with Crippen LogP contribution in [-0.2, 0) is 15.0 Å². The van der Waals surface area contributed by atoms with E-state index in [1.165, 1.54) is 28.0 Å². The Bertz CT molecular complexity index is 991. The van der Waals surface area contributed by atoms with Crippen molar-refractivity contribution >= 4 is 56.5 Å². The third-order valence-electron chi connectivity index (χ3n) is 5.99. The summed E-state index contributed by atoms with van der Waals surface area (Å²) in [6.45, 7) is 0. The Morgan fingerprint density at radius 1 is 1.04 bits per heavy atom. The number of aromatic nitrogens is 1. The van der Waals surface area contributed by atoms with Gasteiger partial charge >= 0.3 is 4.87 Å². The Balaban J connectivity index is 1.64. The maximum absolute atomic E-state index is 13.5. The van der Waals surface area contributed by atoms with Gasteiger partial charge in [0, 0.05) is 14.8 Å². The minimum Gasteiger partial charge on any atom is -0.307 e. The quantitative estimate of drug-likeness (QED) is 0.645. The molecule has 2 atom stereocenters. The highest BCUT2D eigenvalue weighted by molar-refractivity contribution is 9.10. The van der Waals surface area contributed by atoms with Crippen molar-refractivity contribution in [2.45, 2.75) is 47.8 Å². The molecule has 0 bridgehead atoms. The number of aromatic amines is 1. The average Bonchev–Trinajstić information content (AvgIpc) is 3.16. The number of amides is 2. The zero-order valence-electron chi connectivity index (χ0n) is 14.4. The molecule has 2 aliphatic heterocycles. The van der Waals surface area contributed by atoms with Crippen LogP contribution in [0.25, 0.3) is 0 Å². The van der Waals surface area contributed by atoms with E-state index >= 15 is 0 Å². The molecule has 1 aromatic carbocycles. The van der Waals surface area contributed by atoms with Crippen LogP contribution in [-0.4, -0.2) is 22.0 Å². The van der Waals surface area contributed by atoms with E-state index in [1.807, 2.05) is 12.1 Å². The summed E-state index contributed by atoms with van der Waals surface area (Å²) in [5.41, 5.74) is 0.232. The molecule has 1 N–H and O–H groups in total. The van der Waals surface area contributed by atoms with Gasteiger partial charge in [-0.15, -0.1) is 0 Å². The maximum Gasteiger partial charge on any atom is 0.305 e. The number of thiazole rings is 1. The van der Waals surface area contributed by atoms with Gasteiger partial charge in [-0.2, -0.15) is 0 Å². The largest absolute Gasteiger partial charge is 0.307 e. The standard InChI is InChI=1S/C19H17BrN2O3S2/c20-10-4-6-11(7-5-10)22-16(23)12-13(17(22)24)26-15-14(27-18(25)21-15)19(12)8-2-1-3-9-19/h4-7,12-13H,1-3,8-9H2,(H,21,25)/t12-,13+/m0/s1. The summed E-state index contributed by atoms with van der Waals surface area (Å²) in [5, 5.41) is 0.337. The minimum atomic E-state index is -0.461. The molecule has 2 fully saturated rings. The fourth-order valence-electron chi connectivity index (χ4n) is 4.85. The molecular formula is C19H17BrN2O3S2. The lowest BCUT2D eigenvalue weighted by Crippen LogP contribution is -2.46. The lowest BCUT2D eigenvalue weighted by Gasteiger charge is -2.44. The van der Waals surface area contributed by atoms with Crippen LogP contribution in [0.2, 0.25) is 0 Å². The number of hydrogen-bond donors (Lipinski definition) is 1. The van der Waals surface area contributed by atoms with E-state index in [1.54, 1.807) is 12.1 Å². The van der Waals surface area contributed by atoms with E-state index < -0.39 is 11.2 Å². The SMILES string of the molecule is O=C1[C@@H]2[C@@H](Sc3[nH]c(=O)sc3C23CCCCC3)C(=O)N1c1ccc(Br)cc1. The topological polar surface area (TPSA) is 70.2 Å². The predicted octanol–water partition coefficient (Wildman–Crippen LogP) is 4.06. The molecule has 5 rings (SSSR count). The molecular weight excluding hydrogens is 448 g/mol. The molecule has 1 aliphatic carbocycles. The average molecular weight is 465 g/mol. The number of imide groups is 1. The van der Waals surface area contributed by atoms with Crippen molar-refractivity contribution in [3.05, 3.63) is 43.3 Å². The van der Waals surface area contributed by atoms with Gasteiger partial charge in [0.25, 0.3) is 0 Å². The Kier molecular flexibility index (Phi) is 4.14. The van der Waals surface area contributed by atoms with E-state index in [0.717, 1.165) is 46.5 Å². The van der Waals surface area contributed by atoms with Crippen molar-refractivity contribution < 1.29 is 9.59 Å². The Labute approximate surface area is 172 Å². The van der Waals surface area contributed by atoms with Crippen LogP contribution in [0, 0.1) is 5.92 Å². The number of nitrogens with zero attached hydrogens (tertiary/aromatic N) is 1. The fraction of sp³-hybridized carbons (Fsp3) is 0.421. The number of rotatable bonds is 1. The summed E-state index contributed by atoms with van der Waals surface area (Å²) in [4.78, 5) is 44.0. The first-order valence-electron chi connectivity index (χ1n) is 9.05. The third-order valence-corrected chi connectivity index (χ3v) is 9.02. The van der Waals surface area contributed by atoms with Gasteiger partial charge in [-0.25, -0.2) is 4.90 Å². The summed E-state index contributed by atoms with van der Waals surface area (Å²) in [7, 11) is 0. The van der Waals surface area contributed by atoms with E-state index in [2.05, 4.69) is 20.9 Å². The summed E-state index contributed by atoms with van der Waals surface area (Å²) in [6.07, 6.45) is 4.92. The lowest BCUT2D eigenvalue weighted by molar-refractivity contribution is -0.123. The summed E-state index contributed by atoms with van der Waals surface area (Å²) >= 11 is 5.99. The molecule has 1 spiro atoms. The second kappa shape index (κ2) is 6.32. The zero-order chi connectivity index (χ0) is 18.8. The maximum atomic E-state index is 13.5. The molecule has 1 saturated heterocycles. The highest BCUT2D eigenvalue weighted by Crippen LogP contribution is 2.59. The number of halogens is 1. The first-order valence-corrected chi connectivity index (χ1v) is 11.5. The van der Waals surface area contributed by atoms with Gasteiger partial charge in [0.2, 0.25) is 11.8 Å². The summed E-state index contributed by atoms with van der Waals surface area (Å²) < 4.78 is 0.903. The highest BCUT2D eigenvalue weighted by atomic mass is 79.9. The Hall–Kier alpha value is -1.38. The van der Waals surface area contributed by atoms with Crippen LogP contribution in [0.5, 0.6) is 0 Å². The second-order valence-electron chi connectivity index (χ2n) is 7.39. The van der Waals surface area contributed by atoms with E-state index in [4.69, 9.17) is 0 Å². The third kappa shape index (κ3) is 2.53. The van der Waals surface area contributed by atoms with Gasteiger partial charge in [-0.3, -0.25) is 14.4 Å². The van der Waals surface area contributed by atoms with Crippen molar-refractivity contribution in [3.8, 4) is 0 Å². The van der Waals surface area contributed by atoms with E-state index in [-0.39, 0.29) is 22.1 Å². The molecule has 2 amide bonds. The van der Waals surface area contributed by atoms with Gasteiger partial charge < -0.3 is 4.98 Å². The highest BCUT2D eigenvalue weighted by Gasteiger charge is 2.62. The van der Waals surface area contributed by atoms with Gasteiger partial charge in [0.15, 0.2) is 0 Å². The number of carbonyl (C=O) groups excluding carboxylic acids is 2. The molecule has 140 valence electrons. The first-order chi connectivity index (χ1) is 13.0. The van der Waals surface area contributed by atoms with Crippen molar-refractivity contribution in [2.24, 2.45) is 5.92 Å². The van der Waals surface area contributed by atoms with E-state index in [0.29, 0.717) is 5.69 Å². The van der Waals surface area contributed by atoms with Crippen LogP contribution < -0.4 is 9.77 Å². The molecule has 3 heterocycles. The van der Waals surface area contributed by atoms with Crippen molar-refractivity contribution in [1.82, 2.24) is 4.98 Å². The van der Waals surface area contributed by atoms with Gasteiger partial charge in [-0.05, 0) is 37.1 Å². The van der Waals surface area contributed by atoms with Gasteiger partial charge in [-0.1, -0.05) is 58.3 Å². The van der Waals surface area contributed by atoms with Crippen molar-refractivity contribution in [1.29, 1.82) is 0 Å². The molecule has 1 aromatic heterocycles. The minimum absolute atomic E-state index is 0.0953. The number of thioether (sulfide) groups is 1. The number of hydrogen-bond acceptors (Lipinski definition) is 5. The summed E-state index contributed by atoms with van der Waals surface area (Å²) in [5.74, 6) is -0.675. The molecule has 27 heavy (non-hydrogen) atoms. The molecule has 0 unspecified atom stereocenters. The lowest BCUT2D eigenvalue weighted by atomic mass is 9.64. The Morgan fingerprint density at radius 2 is 1.74 bits per heavy atom. The monoisotopic (exact) mass is 464 g/mol. The predicted molar refractivity (Wildman–Crippen MR) is 109 cm³/mol. The molecule has 2 aromatic rings. The molecule has 3 aliphatic rings. The van der Waals surface area contributed by atoms with Crippen LogP contribution >= 0.6 is 39.0 Å². The molecule has 1 saturated carbocycles. The number of carbonyl (C=O) groups is 2. The van der Waals surface area contributed by atoms with Gasteiger partial charge in [0.05, 0.1) is 16.6 Å². The van der Waals surface area contributed by atoms with Crippen LogP contribution in [0.4, 0.5) is 5.69 Å². The number of H-pyrrole nitrogens is 1. The van der Waals surface area contributed by atoms with Crippen LogP contribution in [0.3, 0.4) is 0 Å². The van der Waals surface area contributed by atoms with Crippen LogP contribution in [0.1, 0.15) is 37.0 Å². The zero-order valence-corrected chi connectivity index (χ0v) is 17.6.